The number of hydrogen-bond donors (Lipinski definition) is 1. The Balaban J connectivity index is 2.92. The molecule has 0 aliphatic rings. The van der Waals surface area contributed by atoms with Gasteiger partial charge in [-0.05, 0) is 36.9 Å². The number of thiophene rings is 1. The number of hydrogen-bond acceptors (Lipinski definition) is 2. The highest BCUT2D eigenvalue weighted by atomic mass is 32.1. The summed E-state index contributed by atoms with van der Waals surface area (Å²) < 4.78 is 0. The minimum Gasteiger partial charge on any atom is -0.330 e. The molecule has 1 heterocycles. The Morgan fingerprint density at radius 1 is 1.43 bits per heavy atom. The average molecular weight is 211 g/mol. The average Bonchev–Trinajstić information content (AvgIpc) is 2.61. The van der Waals surface area contributed by atoms with Crippen LogP contribution in [0.15, 0.2) is 6.07 Å². The summed E-state index contributed by atoms with van der Waals surface area (Å²) in [5, 5.41) is 0. The van der Waals surface area contributed by atoms with Crippen molar-refractivity contribution in [2.45, 2.75) is 46.0 Å². The van der Waals surface area contributed by atoms with Crippen molar-refractivity contribution in [1.82, 2.24) is 0 Å². The molecule has 1 nitrogen and oxygen atoms in total. The van der Waals surface area contributed by atoms with Crippen molar-refractivity contribution in [3.63, 3.8) is 0 Å². The van der Waals surface area contributed by atoms with Crippen LogP contribution >= 0.6 is 11.3 Å². The van der Waals surface area contributed by atoms with E-state index in [-0.39, 0.29) is 0 Å². The van der Waals surface area contributed by atoms with Crippen molar-refractivity contribution >= 4 is 11.3 Å². The van der Waals surface area contributed by atoms with Crippen molar-refractivity contribution in [3.8, 4) is 0 Å². The molecule has 1 atom stereocenters. The van der Waals surface area contributed by atoms with Gasteiger partial charge in [-0.25, -0.2) is 0 Å². The van der Waals surface area contributed by atoms with E-state index in [1.807, 2.05) is 11.3 Å². The minimum atomic E-state index is 0.521. The topological polar surface area (TPSA) is 26.0 Å². The second-order valence-corrected chi connectivity index (χ2v) is 5.05. The van der Waals surface area contributed by atoms with Gasteiger partial charge < -0.3 is 5.73 Å². The quantitative estimate of drug-likeness (QED) is 0.794. The van der Waals surface area contributed by atoms with Gasteiger partial charge in [-0.2, -0.15) is 0 Å². The first-order valence-electron chi connectivity index (χ1n) is 5.54. The van der Waals surface area contributed by atoms with E-state index in [0.717, 1.165) is 13.0 Å². The molecule has 0 amide bonds. The maximum absolute atomic E-state index is 5.72. The Labute approximate surface area is 91.3 Å². The third-order valence-electron chi connectivity index (χ3n) is 2.60. The fourth-order valence-electron chi connectivity index (χ4n) is 1.64. The standard InChI is InChI=1S/C12H21NS/c1-4-6-12-11(9(3)8-13)7-10(5-2)14-12/h7,9H,4-6,8,13H2,1-3H3. The highest BCUT2D eigenvalue weighted by Gasteiger charge is 2.12. The molecule has 14 heavy (non-hydrogen) atoms. The monoisotopic (exact) mass is 211 g/mol. The molecule has 0 radical (unpaired) electrons. The lowest BCUT2D eigenvalue weighted by molar-refractivity contribution is 0.761. The minimum absolute atomic E-state index is 0.521. The van der Waals surface area contributed by atoms with Crippen LogP contribution in [0.25, 0.3) is 0 Å². The van der Waals surface area contributed by atoms with Crippen LogP contribution in [0, 0.1) is 0 Å². The Kier molecular flexibility index (Phi) is 4.63. The molecule has 0 aromatic carbocycles. The van der Waals surface area contributed by atoms with E-state index in [1.54, 1.807) is 4.88 Å². The lowest BCUT2D eigenvalue weighted by atomic mass is 10.00. The second-order valence-electron chi connectivity index (χ2n) is 3.83. The van der Waals surface area contributed by atoms with E-state index in [1.165, 1.54) is 23.3 Å². The second kappa shape index (κ2) is 5.52. The van der Waals surface area contributed by atoms with Crippen LogP contribution < -0.4 is 5.73 Å². The van der Waals surface area contributed by atoms with E-state index in [0.29, 0.717) is 5.92 Å². The first-order valence-corrected chi connectivity index (χ1v) is 6.36. The first kappa shape index (κ1) is 11.7. The lowest BCUT2D eigenvalue weighted by Crippen LogP contribution is -2.09. The Bertz CT molecular complexity index is 278. The van der Waals surface area contributed by atoms with Crippen LogP contribution in [0.5, 0.6) is 0 Å². The van der Waals surface area contributed by atoms with Crippen LogP contribution in [0.4, 0.5) is 0 Å². The van der Waals surface area contributed by atoms with E-state index >= 15 is 0 Å². The normalized spacial score (nSPS) is 13.1. The molecule has 0 aliphatic carbocycles. The van der Waals surface area contributed by atoms with Crippen LogP contribution in [0.1, 0.15) is 48.4 Å². The lowest BCUT2D eigenvalue weighted by Gasteiger charge is -2.08. The Morgan fingerprint density at radius 3 is 2.64 bits per heavy atom. The number of rotatable bonds is 5. The van der Waals surface area contributed by atoms with Crippen molar-refractivity contribution in [3.05, 3.63) is 21.4 Å². The van der Waals surface area contributed by atoms with E-state index in [2.05, 4.69) is 26.8 Å². The van der Waals surface area contributed by atoms with Gasteiger partial charge in [-0.15, -0.1) is 11.3 Å². The zero-order chi connectivity index (χ0) is 10.6. The third-order valence-corrected chi connectivity index (χ3v) is 3.96. The van der Waals surface area contributed by atoms with Crippen molar-refractivity contribution in [1.29, 1.82) is 0 Å². The van der Waals surface area contributed by atoms with Crippen LogP contribution in [-0.4, -0.2) is 6.54 Å². The summed E-state index contributed by atoms with van der Waals surface area (Å²) in [5.41, 5.74) is 7.22. The highest BCUT2D eigenvalue weighted by molar-refractivity contribution is 7.12. The molecular weight excluding hydrogens is 190 g/mol. The largest absolute Gasteiger partial charge is 0.330 e. The molecule has 80 valence electrons. The molecule has 0 aliphatic heterocycles. The fourth-order valence-corrected chi connectivity index (χ4v) is 2.97. The Hall–Kier alpha value is -0.340. The molecular formula is C12H21NS. The van der Waals surface area contributed by atoms with Gasteiger partial charge in [-0.3, -0.25) is 0 Å². The fraction of sp³-hybridized carbons (Fsp3) is 0.667. The molecule has 2 N–H and O–H groups in total. The summed E-state index contributed by atoms with van der Waals surface area (Å²) in [6.07, 6.45) is 3.59. The van der Waals surface area contributed by atoms with Gasteiger partial charge >= 0.3 is 0 Å². The zero-order valence-corrected chi connectivity index (χ0v) is 10.3. The molecule has 0 fully saturated rings. The van der Waals surface area contributed by atoms with Gasteiger partial charge in [0.1, 0.15) is 0 Å². The summed E-state index contributed by atoms with van der Waals surface area (Å²) >= 11 is 1.97. The van der Waals surface area contributed by atoms with E-state index < -0.39 is 0 Å². The van der Waals surface area contributed by atoms with Gasteiger partial charge in [0.25, 0.3) is 0 Å². The van der Waals surface area contributed by atoms with E-state index in [9.17, 15) is 0 Å². The van der Waals surface area contributed by atoms with Gasteiger partial charge in [0, 0.05) is 9.75 Å². The van der Waals surface area contributed by atoms with Gasteiger partial charge in [0.15, 0.2) is 0 Å². The molecule has 0 saturated heterocycles. The smallest absolute Gasteiger partial charge is 0.00832 e. The van der Waals surface area contributed by atoms with Gasteiger partial charge in [0.05, 0.1) is 0 Å². The molecule has 1 aromatic rings. The van der Waals surface area contributed by atoms with Gasteiger partial charge in [0.2, 0.25) is 0 Å². The predicted octanol–water partition coefficient (Wildman–Crippen LogP) is 3.33. The predicted molar refractivity (Wildman–Crippen MR) is 65.2 cm³/mol. The summed E-state index contributed by atoms with van der Waals surface area (Å²) in [7, 11) is 0. The van der Waals surface area contributed by atoms with Crippen LogP contribution in [-0.2, 0) is 12.8 Å². The van der Waals surface area contributed by atoms with Crippen molar-refractivity contribution in [2.75, 3.05) is 6.54 Å². The Morgan fingerprint density at radius 2 is 2.14 bits per heavy atom. The maximum Gasteiger partial charge on any atom is 0.00832 e. The number of aryl methyl sites for hydroxylation is 2. The molecule has 0 bridgehead atoms. The first-order chi connectivity index (χ1) is 6.72. The summed E-state index contributed by atoms with van der Waals surface area (Å²) in [5.74, 6) is 0.521. The van der Waals surface area contributed by atoms with Gasteiger partial charge in [-0.1, -0.05) is 27.2 Å². The third kappa shape index (κ3) is 2.58. The molecule has 0 saturated carbocycles. The number of nitrogens with two attached hydrogens (primary N) is 1. The summed E-state index contributed by atoms with van der Waals surface area (Å²) in [6, 6.07) is 2.35. The van der Waals surface area contributed by atoms with Crippen molar-refractivity contribution < 1.29 is 0 Å². The van der Waals surface area contributed by atoms with Crippen LogP contribution in [0.3, 0.4) is 0 Å². The molecule has 1 aromatic heterocycles. The molecule has 1 rings (SSSR count). The molecule has 2 heteroatoms. The van der Waals surface area contributed by atoms with E-state index in [4.69, 9.17) is 5.73 Å². The summed E-state index contributed by atoms with van der Waals surface area (Å²) in [6.45, 7) is 7.44. The SMILES string of the molecule is CCCc1sc(CC)cc1C(C)CN. The zero-order valence-electron chi connectivity index (χ0n) is 9.47. The summed E-state index contributed by atoms with van der Waals surface area (Å²) in [4.78, 5) is 3.06. The molecule has 1 unspecified atom stereocenters. The maximum atomic E-state index is 5.72. The highest BCUT2D eigenvalue weighted by Crippen LogP contribution is 2.29. The van der Waals surface area contributed by atoms with Crippen molar-refractivity contribution in [2.24, 2.45) is 5.73 Å². The van der Waals surface area contributed by atoms with Crippen LogP contribution in [0.2, 0.25) is 0 Å². The molecule has 0 spiro atoms.